The molecule has 8 heteroatoms. The van der Waals surface area contributed by atoms with Crippen LogP contribution in [0.2, 0.25) is 0 Å². The maximum absolute atomic E-state index is 11.2. The molecule has 2 aliphatic rings. The number of thioether (sulfide) groups is 1. The first-order valence-electron chi connectivity index (χ1n) is 11.0. The SMILES string of the molecule is CCCCCCCCCCSC[C@H]1CC[N+]2=C(N[C@@H](COS(C)(=O)=O)CC2)N1. The predicted molar refractivity (Wildman–Crippen MR) is 119 cm³/mol. The molecule has 0 saturated carbocycles. The standard InChI is InChI=1S/C20H39N3O3S2/c1-3-4-5-6-7-8-9-10-15-27-17-19-12-14-23-13-11-18(21-20(23)22-19)16-26-28(2,24)25/h18-19H,3-17H2,1-2H3,(H,21,22)/p+1/t18-,19-/m1/s1. The normalized spacial score (nSPS) is 22.5. The molecule has 2 rings (SSSR count). The van der Waals surface area contributed by atoms with Gasteiger partial charge in [-0.3, -0.25) is 19.4 Å². The molecule has 0 amide bonds. The second-order valence-electron chi connectivity index (χ2n) is 8.13. The van der Waals surface area contributed by atoms with E-state index in [1.165, 1.54) is 63.5 Å². The first-order chi connectivity index (χ1) is 13.5. The number of rotatable bonds is 14. The van der Waals surface area contributed by atoms with Gasteiger partial charge >= 0.3 is 5.96 Å². The summed E-state index contributed by atoms with van der Waals surface area (Å²) in [6, 6.07) is 0.546. The van der Waals surface area contributed by atoms with Crippen molar-refractivity contribution in [3.05, 3.63) is 0 Å². The van der Waals surface area contributed by atoms with E-state index >= 15 is 0 Å². The highest BCUT2D eigenvalue weighted by Gasteiger charge is 2.32. The summed E-state index contributed by atoms with van der Waals surface area (Å²) < 4.78 is 29.7. The van der Waals surface area contributed by atoms with Crippen LogP contribution < -0.4 is 10.6 Å². The Balaban J connectivity index is 1.55. The highest BCUT2D eigenvalue weighted by molar-refractivity contribution is 7.99. The fourth-order valence-corrected chi connectivity index (χ4v) is 5.25. The second kappa shape index (κ2) is 13.0. The largest absolute Gasteiger partial charge is 0.346 e. The molecule has 2 atom stereocenters. The lowest BCUT2D eigenvalue weighted by atomic mass is 10.1. The highest BCUT2D eigenvalue weighted by atomic mass is 32.2. The van der Waals surface area contributed by atoms with E-state index in [-0.39, 0.29) is 12.6 Å². The smallest absolute Gasteiger partial charge is 0.274 e. The zero-order chi connectivity index (χ0) is 20.2. The minimum absolute atomic E-state index is 0.0530. The molecule has 0 aliphatic carbocycles. The molecule has 0 bridgehead atoms. The van der Waals surface area contributed by atoms with Gasteiger partial charge in [-0.15, -0.1) is 0 Å². The number of nitrogens with one attached hydrogen (secondary N) is 2. The number of hydrogen-bond acceptors (Lipinski definition) is 6. The van der Waals surface area contributed by atoms with Crippen molar-refractivity contribution in [2.45, 2.75) is 83.2 Å². The third kappa shape index (κ3) is 9.83. The Hall–Kier alpha value is -0.470. The van der Waals surface area contributed by atoms with Gasteiger partial charge in [-0.25, -0.2) is 0 Å². The summed E-state index contributed by atoms with van der Waals surface area (Å²) in [5.41, 5.74) is 0. The highest BCUT2D eigenvalue weighted by Crippen LogP contribution is 2.15. The van der Waals surface area contributed by atoms with Crippen molar-refractivity contribution in [1.82, 2.24) is 10.6 Å². The number of hydrogen-bond donors (Lipinski definition) is 2. The number of guanidine groups is 1. The summed E-state index contributed by atoms with van der Waals surface area (Å²) in [4.78, 5) is 0. The molecule has 2 heterocycles. The van der Waals surface area contributed by atoms with Crippen molar-refractivity contribution in [3.63, 3.8) is 0 Å². The third-order valence-electron chi connectivity index (χ3n) is 5.44. The minimum atomic E-state index is -3.38. The van der Waals surface area contributed by atoms with Crippen molar-refractivity contribution in [1.29, 1.82) is 0 Å². The van der Waals surface area contributed by atoms with E-state index in [1.54, 1.807) is 0 Å². The van der Waals surface area contributed by atoms with Crippen LogP contribution in [0.3, 0.4) is 0 Å². The van der Waals surface area contributed by atoms with Crippen molar-refractivity contribution in [2.75, 3.05) is 37.5 Å². The van der Waals surface area contributed by atoms with Gasteiger partial charge in [-0.2, -0.15) is 20.2 Å². The summed E-state index contributed by atoms with van der Waals surface area (Å²) in [5, 5.41) is 7.05. The average Bonchev–Trinajstić information content (AvgIpc) is 2.67. The monoisotopic (exact) mass is 434 g/mol. The molecule has 0 aromatic heterocycles. The van der Waals surface area contributed by atoms with Crippen LogP contribution in [-0.2, 0) is 14.3 Å². The first kappa shape index (κ1) is 23.8. The molecule has 0 radical (unpaired) electrons. The molecule has 28 heavy (non-hydrogen) atoms. The van der Waals surface area contributed by atoms with Crippen LogP contribution in [0.15, 0.2) is 0 Å². The molecule has 0 aromatic carbocycles. The Bertz CT molecular complexity index is 581. The van der Waals surface area contributed by atoms with Gasteiger partial charge in [0.25, 0.3) is 10.1 Å². The van der Waals surface area contributed by atoms with Crippen molar-refractivity contribution in [2.24, 2.45) is 0 Å². The average molecular weight is 435 g/mol. The summed E-state index contributed by atoms with van der Waals surface area (Å²) in [5.74, 6) is 3.45. The Morgan fingerprint density at radius 3 is 2.29 bits per heavy atom. The number of nitrogens with zero attached hydrogens (tertiary/aromatic N) is 1. The van der Waals surface area contributed by atoms with Gasteiger partial charge in [0.2, 0.25) is 0 Å². The number of unbranched alkanes of at least 4 members (excludes halogenated alkanes) is 7. The van der Waals surface area contributed by atoms with E-state index in [0.717, 1.165) is 37.5 Å². The molecule has 6 nitrogen and oxygen atoms in total. The second-order valence-corrected chi connectivity index (χ2v) is 10.9. The van der Waals surface area contributed by atoms with Gasteiger partial charge in [0.05, 0.1) is 32.0 Å². The summed E-state index contributed by atoms with van der Waals surface area (Å²) >= 11 is 2.06. The van der Waals surface area contributed by atoms with Crippen LogP contribution in [0.5, 0.6) is 0 Å². The first-order valence-corrected chi connectivity index (χ1v) is 14.0. The van der Waals surface area contributed by atoms with Crippen LogP contribution in [0.4, 0.5) is 0 Å². The zero-order valence-corrected chi connectivity index (χ0v) is 19.4. The van der Waals surface area contributed by atoms with E-state index in [9.17, 15) is 8.42 Å². The van der Waals surface area contributed by atoms with Crippen molar-refractivity contribution >= 4 is 27.8 Å². The van der Waals surface area contributed by atoms with Gasteiger partial charge in [0, 0.05) is 18.6 Å². The van der Waals surface area contributed by atoms with Crippen LogP contribution in [0.25, 0.3) is 0 Å². The maximum Gasteiger partial charge on any atom is 0.346 e. The van der Waals surface area contributed by atoms with E-state index in [4.69, 9.17) is 4.18 Å². The molecule has 2 aliphatic heterocycles. The molecule has 0 fully saturated rings. The van der Waals surface area contributed by atoms with Crippen LogP contribution in [-0.4, -0.2) is 68.5 Å². The van der Waals surface area contributed by atoms with Crippen LogP contribution in [0, 0.1) is 0 Å². The Morgan fingerprint density at radius 1 is 1.00 bits per heavy atom. The van der Waals surface area contributed by atoms with E-state index in [0.29, 0.717) is 6.04 Å². The molecule has 0 unspecified atom stereocenters. The van der Waals surface area contributed by atoms with Crippen molar-refractivity contribution < 1.29 is 17.2 Å². The third-order valence-corrected chi connectivity index (χ3v) is 7.22. The Kier molecular flexibility index (Phi) is 11.0. The van der Waals surface area contributed by atoms with Crippen molar-refractivity contribution in [3.8, 4) is 0 Å². The van der Waals surface area contributed by atoms with Gasteiger partial charge < -0.3 is 0 Å². The summed E-state index contributed by atoms with van der Waals surface area (Å²) in [6.45, 7) is 4.49. The fourth-order valence-electron chi connectivity index (χ4n) is 3.73. The molecule has 164 valence electrons. The lowest BCUT2D eigenvalue weighted by Crippen LogP contribution is -2.60. The van der Waals surface area contributed by atoms with Gasteiger partial charge in [0.15, 0.2) is 0 Å². The topological polar surface area (TPSA) is 70.4 Å². The van der Waals surface area contributed by atoms with E-state index in [2.05, 4.69) is 33.9 Å². The summed E-state index contributed by atoms with van der Waals surface area (Å²) in [6.07, 6.45) is 14.2. The molecule has 2 N–H and O–H groups in total. The van der Waals surface area contributed by atoms with Crippen LogP contribution in [0.1, 0.15) is 71.1 Å². The predicted octanol–water partition coefficient (Wildman–Crippen LogP) is 2.93. The van der Waals surface area contributed by atoms with Gasteiger partial charge in [-0.05, 0) is 12.2 Å². The summed E-state index contributed by atoms with van der Waals surface area (Å²) in [7, 11) is -3.38. The Morgan fingerprint density at radius 2 is 1.61 bits per heavy atom. The Labute approximate surface area is 176 Å². The lowest BCUT2D eigenvalue weighted by Gasteiger charge is -2.31. The van der Waals surface area contributed by atoms with Gasteiger partial charge in [-0.1, -0.05) is 51.9 Å². The quantitative estimate of drug-likeness (QED) is 0.249. The zero-order valence-electron chi connectivity index (χ0n) is 17.7. The molecule has 0 aromatic rings. The maximum atomic E-state index is 11.2. The van der Waals surface area contributed by atoms with Crippen LogP contribution >= 0.6 is 11.8 Å². The van der Waals surface area contributed by atoms with Gasteiger partial charge in [0.1, 0.15) is 6.04 Å². The minimum Gasteiger partial charge on any atom is -0.274 e. The van der Waals surface area contributed by atoms with E-state index in [1.807, 2.05) is 0 Å². The lowest BCUT2D eigenvalue weighted by molar-refractivity contribution is -0.542. The van der Waals surface area contributed by atoms with E-state index < -0.39 is 10.1 Å². The molecular weight excluding hydrogens is 394 g/mol. The molecule has 0 saturated heterocycles. The molecule has 0 spiro atoms. The fraction of sp³-hybridized carbons (Fsp3) is 0.950. The molecular formula is C20H40N3O3S2+.